The fourth-order valence-corrected chi connectivity index (χ4v) is 3.48. The van der Waals surface area contributed by atoms with Gasteiger partial charge in [-0.1, -0.05) is 12.1 Å². The molecule has 2 heterocycles. The van der Waals surface area contributed by atoms with Crippen molar-refractivity contribution in [3.8, 4) is 0 Å². The zero-order chi connectivity index (χ0) is 17.5. The van der Waals surface area contributed by atoms with Crippen molar-refractivity contribution >= 4 is 17.7 Å². The number of carbonyl (C=O) groups is 3. The molecular weight excluding hydrogens is 308 g/mol. The summed E-state index contributed by atoms with van der Waals surface area (Å²) >= 11 is 0. The first-order valence-corrected chi connectivity index (χ1v) is 8.28. The number of aliphatic hydroxyl groups excluding tert-OH is 1. The van der Waals surface area contributed by atoms with Gasteiger partial charge in [0.2, 0.25) is 5.91 Å². The topological polar surface area (TPSA) is 77.9 Å². The molecule has 6 nitrogen and oxygen atoms in total. The van der Waals surface area contributed by atoms with Gasteiger partial charge in [0, 0.05) is 19.5 Å². The van der Waals surface area contributed by atoms with Gasteiger partial charge in [-0.25, -0.2) is 0 Å². The van der Waals surface area contributed by atoms with Gasteiger partial charge in [0.1, 0.15) is 0 Å². The number of carbonyl (C=O) groups excluding carboxylic acids is 3. The number of benzene rings is 1. The molecule has 2 aliphatic rings. The van der Waals surface area contributed by atoms with E-state index in [2.05, 4.69) is 0 Å². The maximum Gasteiger partial charge on any atom is 0.261 e. The number of fused-ring (bicyclic) bond motifs is 1. The van der Waals surface area contributed by atoms with E-state index in [1.165, 1.54) is 4.90 Å². The molecule has 6 heteroatoms. The first-order chi connectivity index (χ1) is 11.3. The van der Waals surface area contributed by atoms with Crippen molar-refractivity contribution in [3.05, 3.63) is 35.4 Å². The molecule has 128 valence electrons. The lowest BCUT2D eigenvalue weighted by Crippen LogP contribution is -2.48. The second-order valence-electron chi connectivity index (χ2n) is 6.91. The van der Waals surface area contributed by atoms with Crippen molar-refractivity contribution in [1.82, 2.24) is 9.80 Å². The molecule has 3 amide bonds. The molecule has 24 heavy (non-hydrogen) atoms. The van der Waals surface area contributed by atoms with Crippen LogP contribution in [0.5, 0.6) is 0 Å². The molecule has 1 fully saturated rings. The van der Waals surface area contributed by atoms with E-state index in [1.807, 2.05) is 13.8 Å². The van der Waals surface area contributed by atoms with Crippen molar-refractivity contribution in [2.75, 3.05) is 13.1 Å². The summed E-state index contributed by atoms with van der Waals surface area (Å²) < 4.78 is 0. The summed E-state index contributed by atoms with van der Waals surface area (Å²) in [5, 5.41) is 9.95. The number of imide groups is 1. The largest absolute Gasteiger partial charge is 0.391 e. The molecule has 1 unspecified atom stereocenters. The number of amides is 3. The molecule has 1 atom stereocenters. The molecule has 1 aromatic carbocycles. The van der Waals surface area contributed by atoms with Gasteiger partial charge in [0.15, 0.2) is 0 Å². The number of likely N-dealkylation sites (tertiary alicyclic amines) is 1. The van der Waals surface area contributed by atoms with Crippen LogP contribution in [0.3, 0.4) is 0 Å². The van der Waals surface area contributed by atoms with E-state index in [9.17, 15) is 19.5 Å². The van der Waals surface area contributed by atoms with Gasteiger partial charge < -0.3 is 10.0 Å². The Morgan fingerprint density at radius 2 is 1.79 bits per heavy atom. The van der Waals surface area contributed by atoms with E-state index >= 15 is 0 Å². The SMILES string of the molecule is CC1(C)C(O)CCN1C(=O)CCCN1C(=O)c2ccccc2C1=O. The highest BCUT2D eigenvalue weighted by Gasteiger charge is 2.42. The van der Waals surface area contributed by atoms with Crippen LogP contribution >= 0.6 is 0 Å². The minimum atomic E-state index is -0.563. The average Bonchev–Trinajstić information content (AvgIpc) is 2.96. The molecule has 0 saturated carbocycles. The van der Waals surface area contributed by atoms with Crippen molar-refractivity contribution in [3.63, 3.8) is 0 Å². The number of aliphatic hydroxyl groups is 1. The summed E-state index contributed by atoms with van der Waals surface area (Å²) in [6.07, 6.45) is 0.742. The molecule has 1 N–H and O–H groups in total. The van der Waals surface area contributed by atoms with E-state index in [0.29, 0.717) is 30.5 Å². The smallest absolute Gasteiger partial charge is 0.261 e. The standard InChI is InChI=1S/C18H22N2O4/c1-18(2)14(21)9-11-20(18)15(22)8-5-10-19-16(23)12-6-3-4-7-13(12)17(19)24/h3-4,6-7,14,21H,5,8-11H2,1-2H3. The maximum absolute atomic E-state index is 12.4. The van der Waals surface area contributed by atoms with Crippen molar-refractivity contribution in [2.24, 2.45) is 0 Å². The lowest BCUT2D eigenvalue weighted by molar-refractivity contribution is -0.136. The van der Waals surface area contributed by atoms with Gasteiger partial charge in [-0.2, -0.15) is 0 Å². The van der Waals surface area contributed by atoms with Crippen LogP contribution < -0.4 is 0 Å². The Labute approximate surface area is 141 Å². The van der Waals surface area contributed by atoms with E-state index in [0.717, 1.165) is 0 Å². The van der Waals surface area contributed by atoms with Crippen LogP contribution in [0.15, 0.2) is 24.3 Å². The third kappa shape index (κ3) is 2.60. The summed E-state index contributed by atoms with van der Waals surface area (Å²) in [4.78, 5) is 39.8. The second-order valence-corrected chi connectivity index (χ2v) is 6.91. The number of rotatable bonds is 4. The quantitative estimate of drug-likeness (QED) is 0.847. The van der Waals surface area contributed by atoms with Crippen LogP contribution in [0.25, 0.3) is 0 Å². The first kappa shape index (κ1) is 16.6. The van der Waals surface area contributed by atoms with Crippen LogP contribution in [-0.2, 0) is 4.79 Å². The van der Waals surface area contributed by atoms with E-state index in [1.54, 1.807) is 29.2 Å². The van der Waals surface area contributed by atoms with Crippen LogP contribution in [0.1, 0.15) is 53.8 Å². The minimum absolute atomic E-state index is 0.0480. The van der Waals surface area contributed by atoms with E-state index < -0.39 is 11.6 Å². The van der Waals surface area contributed by atoms with Crippen molar-refractivity contribution in [1.29, 1.82) is 0 Å². The highest BCUT2D eigenvalue weighted by molar-refractivity contribution is 6.21. The van der Waals surface area contributed by atoms with E-state index in [4.69, 9.17) is 0 Å². The molecular formula is C18H22N2O4. The third-order valence-corrected chi connectivity index (χ3v) is 5.09. The Balaban J connectivity index is 1.57. The Hall–Kier alpha value is -2.21. The van der Waals surface area contributed by atoms with Crippen LogP contribution in [0, 0.1) is 0 Å². The molecule has 0 radical (unpaired) electrons. The van der Waals surface area contributed by atoms with Crippen LogP contribution in [-0.4, -0.2) is 57.4 Å². The Kier molecular flexibility index (Phi) is 4.17. The number of hydrogen-bond donors (Lipinski definition) is 1. The monoisotopic (exact) mass is 330 g/mol. The summed E-state index contributed by atoms with van der Waals surface area (Å²) in [5.74, 6) is -0.631. The molecule has 2 aliphatic heterocycles. The Morgan fingerprint density at radius 1 is 1.21 bits per heavy atom. The maximum atomic E-state index is 12.4. The number of nitrogens with zero attached hydrogens (tertiary/aromatic N) is 2. The molecule has 0 spiro atoms. The fourth-order valence-electron chi connectivity index (χ4n) is 3.48. The third-order valence-electron chi connectivity index (χ3n) is 5.09. The first-order valence-electron chi connectivity index (χ1n) is 8.28. The Morgan fingerprint density at radius 3 is 2.29 bits per heavy atom. The van der Waals surface area contributed by atoms with Crippen LogP contribution in [0.4, 0.5) is 0 Å². The molecule has 0 aromatic heterocycles. The average molecular weight is 330 g/mol. The zero-order valence-electron chi connectivity index (χ0n) is 14.0. The van der Waals surface area contributed by atoms with Gasteiger partial charge >= 0.3 is 0 Å². The lowest BCUT2D eigenvalue weighted by atomic mass is 9.98. The van der Waals surface area contributed by atoms with Gasteiger partial charge in [-0.05, 0) is 38.8 Å². The summed E-state index contributed by atoms with van der Waals surface area (Å²) in [6, 6.07) is 6.76. The highest BCUT2D eigenvalue weighted by atomic mass is 16.3. The highest BCUT2D eigenvalue weighted by Crippen LogP contribution is 2.30. The predicted octanol–water partition coefficient (Wildman–Crippen LogP) is 1.43. The summed E-state index contributed by atoms with van der Waals surface area (Å²) in [5.41, 5.74) is 0.294. The molecule has 0 bridgehead atoms. The number of hydrogen-bond acceptors (Lipinski definition) is 4. The summed E-state index contributed by atoms with van der Waals surface area (Å²) in [6.45, 7) is 4.48. The minimum Gasteiger partial charge on any atom is -0.391 e. The van der Waals surface area contributed by atoms with E-state index in [-0.39, 0.29) is 30.7 Å². The predicted molar refractivity (Wildman–Crippen MR) is 87.5 cm³/mol. The van der Waals surface area contributed by atoms with Gasteiger partial charge in [0.25, 0.3) is 11.8 Å². The Bertz CT molecular complexity index is 663. The second kappa shape index (κ2) is 6.02. The van der Waals surface area contributed by atoms with Gasteiger partial charge in [0.05, 0.1) is 22.8 Å². The lowest BCUT2D eigenvalue weighted by Gasteiger charge is -2.34. The molecule has 3 rings (SSSR count). The summed E-state index contributed by atoms with van der Waals surface area (Å²) in [7, 11) is 0. The normalized spacial score (nSPS) is 22.2. The molecule has 1 saturated heterocycles. The van der Waals surface area contributed by atoms with Gasteiger partial charge in [-0.15, -0.1) is 0 Å². The zero-order valence-corrected chi connectivity index (χ0v) is 14.0. The van der Waals surface area contributed by atoms with Crippen molar-refractivity contribution in [2.45, 2.75) is 44.8 Å². The molecule has 0 aliphatic carbocycles. The van der Waals surface area contributed by atoms with Crippen molar-refractivity contribution < 1.29 is 19.5 Å². The fraction of sp³-hybridized carbons (Fsp3) is 0.500. The van der Waals surface area contributed by atoms with Gasteiger partial charge in [-0.3, -0.25) is 19.3 Å². The van der Waals surface area contributed by atoms with Crippen LogP contribution in [0.2, 0.25) is 0 Å². The molecule has 1 aromatic rings.